The summed E-state index contributed by atoms with van der Waals surface area (Å²) >= 11 is 0. The Balaban J connectivity index is 2.06. The van der Waals surface area contributed by atoms with Gasteiger partial charge in [-0.3, -0.25) is 4.68 Å². The molecule has 1 aromatic carbocycles. The first-order valence-electron chi connectivity index (χ1n) is 5.87. The Morgan fingerprint density at radius 1 is 1.21 bits per heavy atom. The average Bonchev–Trinajstić information content (AvgIpc) is 2.68. The van der Waals surface area contributed by atoms with E-state index in [2.05, 4.69) is 10.4 Å². The molecule has 1 N–H and O–H groups in total. The first-order valence-corrected chi connectivity index (χ1v) is 5.87. The molecule has 0 saturated carbocycles. The van der Waals surface area contributed by atoms with E-state index in [0.717, 1.165) is 17.4 Å². The van der Waals surface area contributed by atoms with Crippen molar-refractivity contribution in [3.8, 4) is 0 Å². The van der Waals surface area contributed by atoms with E-state index >= 15 is 0 Å². The number of nitrogens with zero attached hydrogens (tertiary/aromatic N) is 2. The molecule has 2 aromatic rings. The summed E-state index contributed by atoms with van der Waals surface area (Å²) in [5.74, 6) is -1.22. The minimum Gasteiger partial charge on any atom is -0.378 e. The normalized spacial score (nSPS) is 10.7. The lowest BCUT2D eigenvalue weighted by Crippen LogP contribution is -2.05. The Kier molecular flexibility index (Phi) is 4.09. The number of aromatic nitrogens is 2. The molecule has 1 heterocycles. The molecule has 0 saturated heterocycles. The molecule has 0 aliphatic heterocycles. The fourth-order valence-electron chi connectivity index (χ4n) is 1.84. The van der Waals surface area contributed by atoms with Gasteiger partial charge in [0.2, 0.25) is 0 Å². The average molecular weight is 269 g/mol. The zero-order valence-electron chi connectivity index (χ0n) is 10.5. The third kappa shape index (κ3) is 3.27. The summed E-state index contributed by atoms with van der Waals surface area (Å²) in [4.78, 5) is 0. The van der Waals surface area contributed by atoms with Crippen molar-refractivity contribution in [1.82, 2.24) is 9.78 Å². The van der Waals surface area contributed by atoms with Gasteiger partial charge in [-0.1, -0.05) is 0 Å². The monoisotopic (exact) mass is 269 g/mol. The predicted molar refractivity (Wildman–Crippen MR) is 66.6 cm³/mol. The molecule has 0 aliphatic rings. The summed E-state index contributed by atoms with van der Waals surface area (Å²) < 4.78 is 39.8. The lowest BCUT2D eigenvalue weighted by atomic mass is 10.2. The molecule has 19 heavy (non-hydrogen) atoms. The van der Waals surface area contributed by atoms with Gasteiger partial charge in [-0.05, 0) is 24.6 Å². The van der Waals surface area contributed by atoms with Crippen LogP contribution in [0.2, 0.25) is 0 Å². The lowest BCUT2D eigenvalue weighted by molar-refractivity contribution is 0.423. The van der Waals surface area contributed by atoms with E-state index in [0.29, 0.717) is 5.56 Å². The number of benzene rings is 1. The zero-order chi connectivity index (χ0) is 13.8. The molecule has 2 rings (SSSR count). The highest BCUT2D eigenvalue weighted by atomic mass is 19.1. The molecule has 102 valence electrons. The van der Waals surface area contributed by atoms with Gasteiger partial charge in [0, 0.05) is 12.6 Å². The van der Waals surface area contributed by atoms with Gasteiger partial charge in [0.1, 0.15) is 18.3 Å². The van der Waals surface area contributed by atoms with Crippen LogP contribution in [0.15, 0.2) is 24.4 Å². The quantitative estimate of drug-likeness (QED) is 0.904. The molecule has 1 aromatic heterocycles. The van der Waals surface area contributed by atoms with Gasteiger partial charge in [0.25, 0.3) is 0 Å². The van der Waals surface area contributed by atoms with Crippen molar-refractivity contribution in [2.24, 2.45) is 0 Å². The SMILES string of the molecule is Cc1c(NCc2cc(F)cc(F)c2)cnn1CCF. The molecule has 0 atom stereocenters. The maximum Gasteiger partial charge on any atom is 0.126 e. The maximum atomic E-state index is 13.0. The van der Waals surface area contributed by atoms with Crippen molar-refractivity contribution in [3.05, 3.63) is 47.3 Å². The molecule has 0 bridgehead atoms. The van der Waals surface area contributed by atoms with Gasteiger partial charge >= 0.3 is 0 Å². The second kappa shape index (κ2) is 5.77. The van der Waals surface area contributed by atoms with Gasteiger partial charge in [-0.15, -0.1) is 0 Å². The summed E-state index contributed by atoms with van der Waals surface area (Å²) in [6, 6.07) is 3.35. The van der Waals surface area contributed by atoms with Crippen LogP contribution in [-0.4, -0.2) is 16.5 Å². The smallest absolute Gasteiger partial charge is 0.126 e. The summed E-state index contributed by atoms with van der Waals surface area (Å²) in [7, 11) is 0. The summed E-state index contributed by atoms with van der Waals surface area (Å²) in [5.41, 5.74) is 2.00. The molecule has 0 amide bonds. The molecule has 0 radical (unpaired) electrons. The highest BCUT2D eigenvalue weighted by Gasteiger charge is 2.06. The minimum absolute atomic E-state index is 0.197. The number of rotatable bonds is 5. The van der Waals surface area contributed by atoms with E-state index in [4.69, 9.17) is 0 Å². The fraction of sp³-hybridized carbons (Fsp3) is 0.308. The minimum atomic E-state index is -0.610. The topological polar surface area (TPSA) is 29.9 Å². The van der Waals surface area contributed by atoms with Crippen molar-refractivity contribution in [1.29, 1.82) is 0 Å². The standard InChI is InChI=1S/C13H14F3N3/c1-9-13(8-18-19(9)3-2-14)17-7-10-4-11(15)6-12(16)5-10/h4-6,8,17H,2-3,7H2,1H3. The molecule has 0 aliphatic carbocycles. The second-order valence-electron chi connectivity index (χ2n) is 4.19. The van der Waals surface area contributed by atoms with Crippen LogP contribution in [-0.2, 0) is 13.1 Å². The molecule has 3 nitrogen and oxygen atoms in total. The lowest BCUT2D eigenvalue weighted by Gasteiger charge is -2.07. The third-order valence-corrected chi connectivity index (χ3v) is 2.80. The van der Waals surface area contributed by atoms with Crippen LogP contribution in [0.5, 0.6) is 0 Å². The molecule has 6 heteroatoms. The van der Waals surface area contributed by atoms with Crippen LogP contribution in [0.3, 0.4) is 0 Å². The Labute approximate surface area is 109 Å². The Hall–Kier alpha value is -1.98. The van der Waals surface area contributed by atoms with E-state index in [9.17, 15) is 13.2 Å². The number of hydrogen-bond acceptors (Lipinski definition) is 2. The van der Waals surface area contributed by atoms with E-state index in [1.54, 1.807) is 13.1 Å². The van der Waals surface area contributed by atoms with E-state index in [1.165, 1.54) is 16.8 Å². The zero-order valence-corrected chi connectivity index (χ0v) is 10.5. The predicted octanol–water partition coefficient (Wildman–Crippen LogP) is 3.05. The van der Waals surface area contributed by atoms with Crippen molar-refractivity contribution in [2.45, 2.75) is 20.0 Å². The van der Waals surface area contributed by atoms with Crippen LogP contribution in [0.1, 0.15) is 11.3 Å². The van der Waals surface area contributed by atoms with Gasteiger partial charge in [0.05, 0.1) is 24.1 Å². The summed E-state index contributed by atoms with van der Waals surface area (Å²) in [6.45, 7) is 1.78. The first-order chi connectivity index (χ1) is 9.10. The van der Waals surface area contributed by atoms with E-state index in [-0.39, 0.29) is 13.1 Å². The maximum absolute atomic E-state index is 13.0. The fourth-order valence-corrected chi connectivity index (χ4v) is 1.84. The van der Waals surface area contributed by atoms with E-state index < -0.39 is 18.3 Å². The van der Waals surface area contributed by atoms with Crippen LogP contribution >= 0.6 is 0 Å². The number of anilines is 1. The number of hydrogen-bond donors (Lipinski definition) is 1. The van der Waals surface area contributed by atoms with Crippen molar-refractivity contribution in [3.63, 3.8) is 0 Å². The van der Waals surface area contributed by atoms with Crippen LogP contribution < -0.4 is 5.32 Å². The highest BCUT2D eigenvalue weighted by Crippen LogP contribution is 2.16. The number of aryl methyl sites for hydroxylation is 1. The number of halogens is 3. The van der Waals surface area contributed by atoms with Crippen LogP contribution in [0.25, 0.3) is 0 Å². The Morgan fingerprint density at radius 3 is 2.53 bits per heavy atom. The third-order valence-electron chi connectivity index (χ3n) is 2.80. The Bertz CT molecular complexity index is 546. The highest BCUT2D eigenvalue weighted by molar-refractivity contribution is 5.46. The number of alkyl halides is 1. The molecule has 0 unspecified atom stereocenters. The summed E-state index contributed by atoms with van der Waals surface area (Å²) in [6.07, 6.45) is 1.57. The van der Waals surface area contributed by atoms with Gasteiger partial charge in [0.15, 0.2) is 0 Å². The van der Waals surface area contributed by atoms with Gasteiger partial charge < -0.3 is 5.32 Å². The molecule has 0 spiro atoms. The van der Waals surface area contributed by atoms with Gasteiger partial charge in [-0.25, -0.2) is 13.2 Å². The molecule has 0 fully saturated rings. The van der Waals surface area contributed by atoms with Gasteiger partial charge in [-0.2, -0.15) is 5.10 Å². The first kappa shape index (κ1) is 13.5. The van der Waals surface area contributed by atoms with E-state index in [1.807, 2.05) is 0 Å². The molecular weight excluding hydrogens is 255 g/mol. The van der Waals surface area contributed by atoms with Crippen LogP contribution in [0, 0.1) is 18.6 Å². The van der Waals surface area contributed by atoms with Crippen molar-refractivity contribution >= 4 is 5.69 Å². The van der Waals surface area contributed by atoms with Crippen molar-refractivity contribution in [2.75, 3.05) is 12.0 Å². The van der Waals surface area contributed by atoms with Crippen LogP contribution in [0.4, 0.5) is 18.9 Å². The molecular formula is C13H14F3N3. The number of nitrogens with one attached hydrogen (secondary N) is 1. The summed E-state index contributed by atoms with van der Waals surface area (Å²) in [5, 5.41) is 7.04. The largest absolute Gasteiger partial charge is 0.378 e. The second-order valence-corrected chi connectivity index (χ2v) is 4.19. The Morgan fingerprint density at radius 2 is 1.89 bits per heavy atom. The van der Waals surface area contributed by atoms with Crippen molar-refractivity contribution < 1.29 is 13.2 Å².